The largest absolute Gasteiger partial charge is 0.417 e. The molecule has 0 spiro atoms. The maximum Gasteiger partial charge on any atom is 0.191 e. The van der Waals surface area contributed by atoms with Crippen LogP contribution >= 0.6 is 0 Å². The minimum absolute atomic E-state index is 0.302. The van der Waals surface area contributed by atoms with Crippen LogP contribution in [-0.4, -0.2) is 26.1 Å². The van der Waals surface area contributed by atoms with Crippen LogP contribution in [0.2, 0.25) is 18.1 Å². The SMILES string of the molecule is C=C[C@@H](O)CCCCCCCCCCCO[Si](C)(C)C(C)(C)C. The van der Waals surface area contributed by atoms with Gasteiger partial charge in [-0.15, -0.1) is 6.58 Å². The highest BCUT2D eigenvalue weighted by molar-refractivity contribution is 6.74. The summed E-state index contributed by atoms with van der Waals surface area (Å²) in [5.74, 6) is 0. The summed E-state index contributed by atoms with van der Waals surface area (Å²) < 4.78 is 6.21. The van der Waals surface area contributed by atoms with Gasteiger partial charge in [0.15, 0.2) is 8.32 Å². The predicted molar refractivity (Wildman–Crippen MR) is 106 cm³/mol. The van der Waals surface area contributed by atoms with Crippen LogP contribution in [0, 0.1) is 0 Å². The van der Waals surface area contributed by atoms with Crippen molar-refractivity contribution in [3.8, 4) is 0 Å². The molecule has 0 saturated carbocycles. The van der Waals surface area contributed by atoms with E-state index in [0.717, 1.165) is 19.4 Å². The molecule has 0 saturated heterocycles. The van der Waals surface area contributed by atoms with Crippen molar-refractivity contribution in [2.75, 3.05) is 6.61 Å². The number of hydrogen-bond donors (Lipinski definition) is 1. The molecule has 3 heteroatoms. The van der Waals surface area contributed by atoms with E-state index in [-0.39, 0.29) is 6.10 Å². The molecule has 0 rings (SSSR count). The van der Waals surface area contributed by atoms with E-state index in [1.54, 1.807) is 6.08 Å². The molecule has 1 atom stereocenters. The van der Waals surface area contributed by atoms with Crippen molar-refractivity contribution >= 4 is 8.32 Å². The summed E-state index contributed by atoms with van der Waals surface area (Å²) in [4.78, 5) is 0. The van der Waals surface area contributed by atoms with Gasteiger partial charge >= 0.3 is 0 Å². The van der Waals surface area contributed by atoms with Crippen molar-refractivity contribution in [3.05, 3.63) is 12.7 Å². The molecule has 0 aromatic heterocycles. The van der Waals surface area contributed by atoms with Gasteiger partial charge in [-0.1, -0.05) is 78.2 Å². The minimum Gasteiger partial charge on any atom is -0.417 e. The lowest BCUT2D eigenvalue weighted by atomic mass is 10.1. The fourth-order valence-corrected chi connectivity index (χ4v) is 3.44. The second kappa shape index (κ2) is 12.3. The first-order chi connectivity index (χ1) is 10.7. The Balaban J connectivity index is 3.33. The lowest BCUT2D eigenvalue weighted by Crippen LogP contribution is -2.40. The average Bonchev–Trinajstić information content (AvgIpc) is 2.46. The quantitative estimate of drug-likeness (QED) is 0.223. The van der Waals surface area contributed by atoms with Crippen LogP contribution < -0.4 is 0 Å². The Morgan fingerprint density at radius 3 is 1.78 bits per heavy atom. The van der Waals surface area contributed by atoms with Gasteiger partial charge < -0.3 is 9.53 Å². The molecular weight excluding hydrogens is 300 g/mol. The van der Waals surface area contributed by atoms with Crippen LogP contribution in [0.15, 0.2) is 12.7 Å². The van der Waals surface area contributed by atoms with Gasteiger partial charge in [0, 0.05) is 6.61 Å². The molecule has 0 fully saturated rings. The summed E-state index contributed by atoms with van der Waals surface area (Å²) in [7, 11) is -1.53. The first kappa shape index (κ1) is 22.9. The van der Waals surface area contributed by atoms with E-state index < -0.39 is 8.32 Å². The van der Waals surface area contributed by atoms with Crippen LogP contribution in [0.25, 0.3) is 0 Å². The van der Waals surface area contributed by atoms with E-state index >= 15 is 0 Å². The Kier molecular flexibility index (Phi) is 12.2. The van der Waals surface area contributed by atoms with Crippen LogP contribution in [0.4, 0.5) is 0 Å². The second-order valence-electron chi connectivity index (χ2n) is 8.38. The Morgan fingerprint density at radius 2 is 1.35 bits per heavy atom. The van der Waals surface area contributed by atoms with Crippen molar-refractivity contribution in [2.24, 2.45) is 0 Å². The van der Waals surface area contributed by atoms with Gasteiger partial charge in [0.2, 0.25) is 0 Å². The van der Waals surface area contributed by atoms with Crippen LogP contribution in [0.1, 0.15) is 85.0 Å². The molecule has 0 aliphatic heterocycles. The van der Waals surface area contributed by atoms with E-state index in [1.807, 2.05) is 0 Å². The van der Waals surface area contributed by atoms with Crippen molar-refractivity contribution in [1.82, 2.24) is 0 Å². The molecule has 0 amide bonds. The summed E-state index contributed by atoms with van der Waals surface area (Å²) in [6.45, 7) is 16.1. The third-order valence-electron chi connectivity index (χ3n) is 5.19. The van der Waals surface area contributed by atoms with Crippen molar-refractivity contribution < 1.29 is 9.53 Å². The molecule has 0 unspecified atom stereocenters. The molecule has 23 heavy (non-hydrogen) atoms. The first-order valence-electron chi connectivity index (χ1n) is 9.65. The van der Waals surface area contributed by atoms with Crippen LogP contribution in [0.5, 0.6) is 0 Å². The van der Waals surface area contributed by atoms with E-state index in [4.69, 9.17) is 4.43 Å². The van der Waals surface area contributed by atoms with Gasteiger partial charge in [-0.05, 0) is 31.0 Å². The van der Waals surface area contributed by atoms with Gasteiger partial charge in [-0.3, -0.25) is 0 Å². The maximum absolute atomic E-state index is 9.37. The molecule has 0 radical (unpaired) electrons. The fraction of sp³-hybridized carbons (Fsp3) is 0.900. The zero-order valence-electron chi connectivity index (χ0n) is 16.5. The van der Waals surface area contributed by atoms with Gasteiger partial charge in [-0.25, -0.2) is 0 Å². The fourth-order valence-electron chi connectivity index (χ4n) is 2.35. The Bertz CT molecular complexity index is 295. The lowest BCUT2D eigenvalue weighted by molar-refractivity contribution is 0.208. The normalized spacial score (nSPS) is 14.0. The molecule has 0 aliphatic carbocycles. The lowest BCUT2D eigenvalue weighted by Gasteiger charge is -2.36. The topological polar surface area (TPSA) is 29.5 Å². The van der Waals surface area contributed by atoms with Crippen molar-refractivity contribution in [2.45, 2.75) is 109 Å². The third-order valence-corrected chi connectivity index (χ3v) is 9.72. The standard InChI is InChI=1S/C20H42O2Si/c1-7-19(21)17-15-13-11-9-8-10-12-14-16-18-22-23(5,6)20(2,3)4/h7,19,21H,1,8-18H2,2-6H3/t19-/m1/s1. The Morgan fingerprint density at radius 1 is 0.913 bits per heavy atom. The molecule has 0 bridgehead atoms. The highest BCUT2D eigenvalue weighted by atomic mass is 28.4. The minimum atomic E-state index is -1.53. The molecule has 2 nitrogen and oxygen atoms in total. The summed E-state index contributed by atoms with van der Waals surface area (Å²) in [6, 6.07) is 0. The zero-order valence-corrected chi connectivity index (χ0v) is 17.5. The molecular formula is C20H42O2Si. The monoisotopic (exact) mass is 342 g/mol. The van der Waals surface area contributed by atoms with Gasteiger partial charge in [0.05, 0.1) is 6.10 Å². The van der Waals surface area contributed by atoms with E-state index in [9.17, 15) is 5.11 Å². The predicted octanol–water partition coefficient (Wildman–Crippen LogP) is 6.46. The summed E-state index contributed by atoms with van der Waals surface area (Å²) in [5, 5.41) is 9.70. The van der Waals surface area contributed by atoms with Crippen LogP contribution in [0.3, 0.4) is 0 Å². The summed E-state index contributed by atoms with van der Waals surface area (Å²) in [6.07, 6.45) is 13.8. The van der Waals surface area contributed by atoms with E-state index in [1.165, 1.54) is 51.4 Å². The molecule has 138 valence electrons. The number of unbranched alkanes of at least 4 members (excludes halogenated alkanes) is 8. The van der Waals surface area contributed by atoms with Crippen molar-refractivity contribution in [1.29, 1.82) is 0 Å². The van der Waals surface area contributed by atoms with E-state index in [2.05, 4.69) is 40.4 Å². The second-order valence-corrected chi connectivity index (χ2v) is 13.2. The zero-order chi connectivity index (χ0) is 17.8. The molecule has 0 aromatic carbocycles. The third kappa shape index (κ3) is 12.0. The summed E-state index contributed by atoms with van der Waals surface area (Å²) in [5.41, 5.74) is 0. The smallest absolute Gasteiger partial charge is 0.191 e. The van der Waals surface area contributed by atoms with Crippen LogP contribution in [-0.2, 0) is 4.43 Å². The molecule has 0 aliphatic rings. The van der Waals surface area contributed by atoms with Gasteiger partial charge in [0.25, 0.3) is 0 Å². The van der Waals surface area contributed by atoms with Gasteiger partial charge in [0.1, 0.15) is 0 Å². The molecule has 1 N–H and O–H groups in total. The van der Waals surface area contributed by atoms with E-state index in [0.29, 0.717) is 5.04 Å². The average molecular weight is 343 g/mol. The number of rotatable bonds is 14. The van der Waals surface area contributed by atoms with Crippen molar-refractivity contribution in [3.63, 3.8) is 0 Å². The number of aliphatic hydroxyl groups excluding tert-OH is 1. The Hall–Kier alpha value is -0.123. The Labute approximate surface area is 146 Å². The number of aliphatic hydroxyl groups is 1. The summed E-state index contributed by atoms with van der Waals surface area (Å²) >= 11 is 0. The first-order valence-corrected chi connectivity index (χ1v) is 12.6. The number of hydrogen-bond acceptors (Lipinski definition) is 2. The molecule has 0 heterocycles. The van der Waals surface area contributed by atoms with Gasteiger partial charge in [-0.2, -0.15) is 0 Å². The molecule has 0 aromatic rings. The highest BCUT2D eigenvalue weighted by Gasteiger charge is 2.36. The maximum atomic E-state index is 9.37. The highest BCUT2D eigenvalue weighted by Crippen LogP contribution is 2.36.